The van der Waals surface area contributed by atoms with Gasteiger partial charge in [-0.25, -0.2) is 0 Å². The van der Waals surface area contributed by atoms with Gasteiger partial charge in [-0.05, 0) is 155 Å². The average molecular weight is 954 g/mol. The highest BCUT2D eigenvalue weighted by molar-refractivity contribution is 9.13. The lowest BCUT2D eigenvalue weighted by atomic mass is 10.1. The zero-order valence-corrected chi connectivity index (χ0v) is 28.9. The number of ether oxygens (including phenoxy) is 1. The Morgan fingerprint density at radius 2 is 0.758 bits per heavy atom. The van der Waals surface area contributed by atoms with Gasteiger partial charge in [0.05, 0.1) is 8.95 Å². The van der Waals surface area contributed by atoms with Crippen LogP contribution in [0.5, 0.6) is 11.5 Å². The molecule has 4 rings (SSSR count). The Bertz CT molecular complexity index is 1280. The van der Waals surface area contributed by atoms with Crippen molar-refractivity contribution in [3.63, 3.8) is 0 Å². The third-order valence-electron chi connectivity index (χ3n) is 4.75. The molecule has 0 heterocycles. The van der Waals surface area contributed by atoms with Crippen LogP contribution in [0.3, 0.4) is 0 Å². The van der Waals surface area contributed by atoms with E-state index in [0.717, 1.165) is 58.0 Å². The molecule has 0 aliphatic rings. The summed E-state index contributed by atoms with van der Waals surface area (Å²) in [7, 11) is 0. The smallest absolute Gasteiger partial charge is 0.142 e. The molecule has 0 radical (unpaired) electrons. The zero-order chi connectivity index (χ0) is 23.9. The Labute approximate surface area is 259 Å². The molecule has 4 aromatic carbocycles. The van der Waals surface area contributed by atoms with Crippen LogP contribution in [0.25, 0.3) is 22.3 Å². The fraction of sp³-hybridized carbons (Fsp3) is 0. The van der Waals surface area contributed by atoms with Gasteiger partial charge in [0, 0.05) is 38.0 Å². The summed E-state index contributed by atoms with van der Waals surface area (Å²) in [5.41, 5.74) is 4.10. The van der Waals surface area contributed by atoms with Crippen molar-refractivity contribution < 1.29 is 4.74 Å². The molecule has 0 spiro atoms. The van der Waals surface area contributed by atoms with Gasteiger partial charge in [-0.3, -0.25) is 0 Å². The molecule has 0 N–H and O–H groups in total. The molecule has 0 aliphatic carbocycles. The Balaban J connectivity index is 1.79. The highest BCUT2D eigenvalue weighted by Crippen LogP contribution is 2.47. The van der Waals surface area contributed by atoms with E-state index in [1.807, 2.05) is 36.4 Å². The molecule has 168 valence electrons. The highest BCUT2D eigenvalue weighted by Gasteiger charge is 2.18. The first-order chi connectivity index (χ1) is 15.7. The summed E-state index contributed by atoms with van der Waals surface area (Å²) in [6.45, 7) is 0. The van der Waals surface area contributed by atoms with Gasteiger partial charge >= 0.3 is 0 Å². The highest BCUT2D eigenvalue weighted by atomic mass is 79.9. The second-order valence-electron chi connectivity index (χ2n) is 6.83. The molecule has 0 atom stereocenters. The van der Waals surface area contributed by atoms with E-state index >= 15 is 0 Å². The number of rotatable bonds is 4. The van der Waals surface area contributed by atoms with Crippen LogP contribution < -0.4 is 4.74 Å². The molecule has 0 fully saturated rings. The topological polar surface area (TPSA) is 9.23 Å². The van der Waals surface area contributed by atoms with Crippen LogP contribution in [0.1, 0.15) is 0 Å². The van der Waals surface area contributed by atoms with Crippen molar-refractivity contribution in [2.45, 2.75) is 0 Å². The zero-order valence-electron chi connectivity index (χ0n) is 16.2. The van der Waals surface area contributed by atoms with Gasteiger partial charge in [0.15, 0.2) is 0 Å². The summed E-state index contributed by atoms with van der Waals surface area (Å²) in [4.78, 5) is 0. The summed E-state index contributed by atoms with van der Waals surface area (Å²) in [6.07, 6.45) is 0. The van der Waals surface area contributed by atoms with E-state index in [2.05, 4.69) is 152 Å². The summed E-state index contributed by atoms with van der Waals surface area (Å²) in [6, 6.07) is 20.1. The molecule has 0 saturated carbocycles. The van der Waals surface area contributed by atoms with Crippen molar-refractivity contribution in [1.29, 1.82) is 0 Å². The van der Waals surface area contributed by atoms with Crippen molar-refractivity contribution in [2.24, 2.45) is 0 Å². The minimum Gasteiger partial charge on any atom is -0.455 e. The maximum absolute atomic E-state index is 6.40. The summed E-state index contributed by atoms with van der Waals surface area (Å²) < 4.78 is 14.0. The van der Waals surface area contributed by atoms with Crippen molar-refractivity contribution in [1.82, 2.24) is 0 Å². The quantitative estimate of drug-likeness (QED) is 0.198. The largest absolute Gasteiger partial charge is 0.455 e. The first-order valence-electron chi connectivity index (χ1n) is 9.22. The molecule has 0 unspecified atom stereocenters. The average Bonchev–Trinajstić information content (AvgIpc) is 2.77. The Kier molecular flexibility index (Phi) is 9.08. The third-order valence-corrected chi connectivity index (χ3v) is 11.4. The second kappa shape index (κ2) is 11.3. The number of benzene rings is 4. The SMILES string of the molecule is Brc1ccc(-c2c(Br)ccc(Oc3ccc(Br)c(-c4ccc(Br)c(Br)c4)c3Br)c2Br)cc1Br. The van der Waals surface area contributed by atoms with Crippen molar-refractivity contribution in [3.8, 4) is 33.8 Å². The molecule has 0 bridgehead atoms. The Hall–Kier alpha value is 0.520. The van der Waals surface area contributed by atoms with E-state index in [4.69, 9.17) is 4.74 Å². The Morgan fingerprint density at radius 3 is 1.12 bits per heavy atom. The van der Waals surface area contributed by atoms with Crippen molar-refractivity contribution in [3.05, 3.63) is 96.4 Å². The van der Waals surface area contributed by atoms with E-state index in [1.54, 1.807) is 0 Å². The molecule has 1 nitrogen and oxygen atoms in total. The normalized spacial score (nSPS) is 11.0. The molecule has 0 aromatic heterocycles. The first kappa shape index (κ1) is 26.6. The maximum atomic E-state index is 6.40. The lowest BCUT2D eigenvalue weighted by molar-refractivity contribution is 0.477. The number of hydrogen-bond donors (Lipinski definition) is 0. The summed E-state index contributed by atoms with van der Waals surface area (Å²) in [5, 5.41) is 0. The predicted octanol–water partition coefficient (Wildman–Crippen LogP) is 12.9. The molecule has 0 saturated heterocycles. The van der Waals surface area contributed by atoms with Gasteiger partial charge in [-0.2, -0.15) is 0 Å². The standard InChI is InChI=1S/C24H10Br8O/c25-13-3-1-11(9-17(13)29)21-15(27)5-7-19(23(21)31)33-20-8-6-16(28)22(24(20)32)12-2-4-14(26)18(30)10-12/h1-10H. The van der Waals surface area contributed by atoms with E-state index < -0.39 is 0 Å². The lowest BCUT2D eigenvalue weighted by Crippen LogP contribution is -1.93. The van der Waals surface area contributed by atoms with Gasteiger partial charge < -0.3 is 4.74 Å². The van der Waals surface area contributed by atoms with Crippen LogP contribution in [0, 0.1) is 0 Å². The molecule has 9 heteroatoms. The fourth-order valence-electron chi connectivity index (χ4n) is 3.18. The van der Waals surface area contributed by atoms with Crippen molar-refractivity contribution >= 4 is 127 Å². The van der Waals surface area contributed by atoms with Gasteiger partial charge in [-0.15, -0.1) is 0 Å². The lowest BCUT2D eigenvalue weighted by Gasteiger charge is -2.17. The minimum atomic E-state index is 0.707. The van der Waals surface area contributed by atoms with Gasteiger partial charge in [0.25, 0.3) is 0 Å². The van der Waals surface area contributed by atoms with Crippen LogP contribution in [0.2, 0.25) is 0 Å². The van der Waals surface area contributed by atoms with Crippen LogP contribution in [-0.4, -0.2) is 0 Å². The third kappa shape index (κ3) is 5.76. The summed E-state index contributed by atoms with van der Waals surface area (Å²) in [5.74, 6) is 1.41. The maximum Gasteiger partial charge on any atom is 0.142 e. The van der Waals surface area contributed by atoms with Crippen LogP contribution in [-0.2, 0) is 0 Å². The molecule has 0 aliphatic heterocycles. The van der Waals surface area contributed by atoms with E-state index in [9.17, 15) is 0 Å². The summed E-state index contributed by atoms with van der Waals surface area (Å²) >= 11 is 29.2. The molecular formula is C24H10Br8O. The first-order valence-corrected chi connectivity index (χ1v) is 15.6. The van der Waals surface area contributed by atoms with Crippen LogP contribution >= 0.6 is 127 Å². The van der Waals surface area contributed by atoms with E-state index in [1.165, 1.54) is 0 Å². The van der Waals surface area contributed by atoms with Crippen LogP contribution in [0.15, 0.2) is 96.4 Å². The molecular weight excluding hydrogens is 943 g/mol. The van der Waals surface area contributed by atoms with E-state index in [-0.39, 0.29) is 0 Å². The van der Waals surface area contributed by atoms with Crippen LogP contribution in [0.4, 0.5) is 0 Å². The van der Waals surface area contributed by atoms with Crippen molar-refractivity contribution in [2.75, 3.05) is 0 Å². The number of hydrogen-bond acceptors (Lipinski definition) is 1. The molecule has 0 amide bonds. The van der Waals surface area contributed by atoms with Gasteiger partial charge in [0.2, 0.25) is 0 Å². The minimum absolute atomic E-state index is 0.707. The molecule has 4 aromatic rings. The van der Waals surface area contributed by atoms with E-state index in [0.29, 0.717) is 11.5 Å². The number of halogens is 8. The predicted molar refractivity (Wildman–Crippen MR) is 165 cm³/mol. The van der Waals surface area contributed by atoms with Gasteiger partial charge in [-0.1, -0.05) is 44.0 Å². The Morgan fingerprint density at radius 1 is 0.394 bits per heavy atom. The van der Waals surface area contributed by atoms with Gasteiger partial charge in [0.1, 0.15) is 11.5 Å². The fourth-order valence-corrected chi connectivity index (χ4v) is 7.39. The second-order valence-corrected chi connectivity index (χ2v) is 13.5. The monoisotopic (exact) mass is 945 g/mol. The molecule has 33 heavy (non-hydrogen) atoms.